The van der Waals surface area contributed by atoms with Crippen LogP contribution in [0.5, 0.6) is 5.75 Å². The number of nitrogens with two attached hydrogens (primary N) is 1. The third-order valence-electron chi connectivity index (χ3n) is 2.31. The zero-order valence-electron chi connectivity index (χ0n) is 10.0. The number of benzene rings is 1. The van der Waals surface area contributed by atoms with Gasteiger partial charge in [-0.3, -0.25) is 0 Å². The largest absolute Gasteiger partial charge is 0.490 e. The van der Waals surface area contributed by atoms with Crippen LogP contribution in [0, 0.1) is 0 Å². The molecule has 1 rings (SSSR count). The summed E-state index contributed by atoms with van der Waals surface area (Å²) in [5, 5.41) is 0.635. The van der Waals surface area contributed by atoms with E-state index in [-0.39, 0.29) is 0 Å². The summed E-state index contributed by atoms with van der Waals surface area (Å²) in [5.41, 5.74) is 5.40. The highest BCUT2D eigenvalue weighted by Crippen LogP contribution is 2.22. The van der Waals surface area contributed by atoms with Crippen molar-refractivity contribution < 1.29 is 9.47 Å². The number of halogens is 1. The fraction of sp³-hybridized carbons (Fsp3) is 0.538. The summed E-state index contributed by atoms with van der Waals surface area (Å²) >= 11 is 5.94. The lowest BCUT2D eigenvalue weighted by atomic mass is 10.2. The van der Waals surface area contributed by atoms with Gasteiger partial charge < -0.3 is 15.2 Å². The molecule has 0 aliphatic rings. The number of hydrogen-bond acceptors (Lipinski definition) is 3. The van der Waals surface area contributed by atoms with Crippen molar-refractivity contribution in [3.05, 3.63) is 29.3 Å². The van der Waals surface area contributed by atoms with E-state index in [0.717, 1.165) is 32.4 Å². The topological polar surface area (TPSA) is 44.5 Å². The predicted octanol–water partition coefficient (Wildman–Crippen LogP) is 2.86. The smallest absolute Gasteiger partial charge is 0.138 e. The van der Waals surface area contributed by atoms with Crippen LogP contribution in [0.3, 0.4) is 0 Å². The molecule has 1 aromatic rings. The zero-order valence-corrected chi connectivity index (χ0v) is 10.8. The number of unbranched alkanes of at least 4 members (excludes halogenated alkanes) is 2. The first-order chi connectivity index (χ1) is 8.34. The molecule has 1 aromatic carbocycles. The normalized spacial score (nSPS) is 10.5. The van der Waals surface area contributed by atoms with Gasteiger partial charge in [0.25, 0.3) is 0 Å². The Morgan fingerprint density at radius 2 is 1.82 bits per heavy atom. The number of ether oxygens (including phenoxy) is 2. The van der Waals surface area contributed by atoms with Crippen LogP contribution in [0.2, 0.25) is 5.02 Å². The minimum absolute atomic E-state index is 0.528. The van der Waals surface area contributed by atoms with Crippen molar-refractivity contribution in [2.24, 2.45) is 5.73 Å². The molecule has 17 heavy (non-hydrogen) atoms. The molecule has 0 aliphatic heterocycles. The molecule has 0 aromatic heterocycles. The number of para-hydroxylation sites is 1. The second-order valence-corrected chi connectivity index (χ2v) is 4.15. The molecule has 0 heterocycles. The minimum atomic E-state index is 0.528. The first-order valence-electron chi connectivity index (χ1n) is 5.99. The van der Waals surface area contributed by atoms with Crippen LogP contribution in [-0.4, -0.2) is 26.4 Å². The van der Waals surface area contributed by atoms with E-state index in [2.05, 4.69) is 0 Å². The lowest BCUT2D eigenvalue weighted by molar-refractivity contribution is 0.0973. The van der Waals surface area contributed by atoms with Crippen LogP contribution >= 0.6 is 11.6 Å². The molecule has 0 saturated carbocycles. The highest BCUT2D eigenvalue weighted by molar-refractivity contribution is 6.32. The molecule has 2 N–H and O–H groups in total. The van der Waals surface area contributed by atoms with Crippen molar-refractivity contribution in [3.8, 4) is 5.75 Å². The molecule has 0 bridgehead atoms. The highest BCUT2D eigenvalue weighted by Gasteiger charge is 1.98. The van der Waals surface area contributed by atoms with Gasteiger partial charge in [-0.15, -0.1) is 0 Å². The van der Waals surface area contributed by atoms with Gasteiger partial charge in [-0.05, 0) is 37.9 Å². The molecule has 0 atom stereocenters. The molecule has 0 fully saturated rings. The molecule has 0 unspecified atom stereocenters. The Morgan fingerprint density at radius 3 is 2.59 bits per heavy atom. The molecule has 0 spiro atoms. The molecular formula is C13H20ClNO2. The van der Waals surface area contributed by atoms with Crippen LogP contribution < -0.4 is 10.5 Å². The molecule has 0 amide bonds. The predicted molar refractivity (Wildman–Crippen MR) is 70.7 cm³/mol. The monoisotopic (exact) mass is 257 g/mol. The van der Waals surface area contributed by atoms with Crippen molar-refractivity contribution in [1.82, 2.24) is 0 Å². The van der Waals surface area contributed by atoms with Crippen molar-refractivity contribution >= 4 is 11.6 Å². The maximum absolute atomic E-state index is 5.94. The maximum Gasteiger partial charge on any atom is 0.138 e. The van der Waals surface area contributed by atoms with Gasteiger partial charge in [0.05, 0.1) is 11.6 Å². The Kier molecular flexibility index (Phi) is 7.80. The van der Waals surface area contributed by atoms with E-state index in [1.54, 1.807) is 0 Å². The molecule has 0 saturated heterocycles. The van der Waals surface area contributed by atoms with E-state index in [1.807, 2.05) is 24.3 Å². The minimum Gasteiger partial charge on any atom is -0.490 e. The summed E-state index contributed by atoms with van der Waals surface area (Å²) in [6.07, 6.45) is 3.25. The van der Waals surface area contributed by atoms with Gasteiger partial charge in [0.15, 0.2) is 0 Å². The van der Waals surface area contributed by atoms with E-state index in [9.17, 15) is 0 Å². The van der Waals surface area contributed by atoms with E-state index in [4.69, 9.17) is 26.8 Å². The lowest BCUT2D eigenvalue weighted by Crippen LogP contribution is -2.08. The van der Waals surface area contributed by atoms with Crippen LogP contribution in [-0.2, 0) is 4.74 Å². The fourth-order valence-corrected chi connectivity index (χ4v) is 1.59. The zero-order chi connectivity index (χ0) is 12.3. The summed E-state index contributed by atoms with van der Waals surface area (Å²) in [4.78, 5) is 0. The Labute approximate surface area is 108 Å². The molecule has 0 radical (unpaired) electrons. The van der Waals surface area contributed by atoms with Crippen LogP contribution in [0.4, 0.5) is 0 Å². The second-order valence-electron chi connectivity index (χ2n) is 3.74. The first-order valence-corrected chi connectivity index (χ1v) is 6.37. The van der Waals surface area contributed by atoms with Crippen LogP contribution in [0.1, 0.15) is 19.3 Å². The maximum atomic E-state index is 5.94. The molecule has 3 nitrogen and oxygen atoms in total. The number of hydrogen-bond donors (Lipinski definition) is 1. The van der Waals surface area contributed by atoms with Crippen LogP contribution in [0.25, 0.3) is 0 Å². The highest BCUT2D eigenvalue weighted by atomic mass is 35.5. The van der Waals surface area contributed by atoms with Gasteiger partial charge in [0.2, 0.25) is 0 Å². The summed E-state index contributed by atoms with van der Waals surface area (Å²) < 4.78 is 10.9. The van der Waals surface area contributed by atoms with Crippen molar-refractivity contribution in [2.75, 3.05) is 26.4 Å². The Bertz CT molecular complexity index is 307. The molecular weight excluding hydrogens is 238 g/mol. The fourth-order valence-electron chi connectivity index (χ4n) is 1.40. The average molecular weight is 258 g/mol. The first kappa shape index (κ1) is 14.3. The molecule has 96 valence electrons. The third-order valence-corrected chi connectivity index (χ3v) is 2.63. The number of rotatable bonds is 9. The van der Waals surface area contributed by atoms with E-state index >= 15 is 0 Å². The SMILES string of the molecule is NCCCCCOCCOc1ccccc1Cl. The van der Waals surface area contributed by atoms with Gasteiger partial charge in [0, 0.05) is 6.61 Å². The third kappa shape index (κ3) is 6.51. The van der Waals surface area contributed by atoms with Crippen LogP contribution in [0.15, 0.2) is 24.3 Å². The average Bonchev–Trinajstić information content (AvgIpc) is 2.35. The Hall–Kier alpha value is -0.770. The summed E-state index contributed by atoms with van der Waals surface area (Å²) in [7, 11) is 0. The Balaban J connectivity index is 1.99. The Morgan fingerprint density at radius 1 is 1.00 bits per heavy atom. The van der Waals surface area contributed by atoms with Gasteiger partial charge in [0.1, 0.15) is 12.4 Å². The van der Waals surface area contributed by atoms with Crippen molar-refractivity contribution in [3.63, 3.8) is 0 Å². The van der Waals surface area contributed by atoms with Gasteiger partial charge >= 0.3 is 0 Å². The standard InChI is InChI=1S/C13H20ClNO2/c14-12-6-2-3-7-13(12)17-11-10-16-9-5-1-4-8-15/h2-3,6-7H,1,4-5,8-11,15H2. The summed E-state index contributed by atoms with van der Waals surface area (Å²) in [5.74, 6) is 0.709. The van der Waals surface area contributed by atoms with Gasteiger partial charge in [-0.1, -0.05) is 23.7 Å². The van der Waals surface area contributed by atoms with E-state index < -0.39 is 0 Å². The summed E-state index contributed by atoms with van der Waals surface area (Å²) in [6.45, 7) is 2.65. The van der Waals surface area contributed by atoms with Crippen molar-refractivity contribution in [2.45, 2.75) is 19.3 Å². The molecule has 0 aliphatic carbocycles. The van der Waals surface area contributed by atoms with E-state index in [0.29, 0.717) is 24.0 Å². The van der Waals surface area contributed by atoms with E-state index in [1.165, 1.54) is 0 Å². The van der Waals surface area contributed by atoms with Gasteiger partial charge in [-0.25, -0.2) is 0 Å². The van der Waals surface area contributed by atoms with Gasteiger partial charge in [-0.2, -0.15) is 0 Å². The lowest BCUT2D eigenvalue weighted by Gasteiger charge is -2.08. The molecule has 4 heteroatoms. The summed E-state index contributed by atoms with van der Waals surface area (Å²) in [6, 6.07) is 7.44. The quantitative estimate of drug-likeness (QED) is 0.692. The van der Waals surface area contributed by atoms with Crippen molar-refractivity contribution in [1.29, 1.82) is 0 Å². The second kappa shape index (κ2) is 9.28.